The fraction of sp³-hybridized carbons (Fsp3) is 0.143. The first-order valence-electron chi connectivity index (χ1n) is 6.01. The number of nitrogens with two attached hydrogens (primary N) is 1. The number of hydrogen-bond acceptors (Lipinski definition) is 4. The number of rotatable bonds is 3. The van der Waals surface area contributed by atoms with E-state index in [2.05, 4.69) is 15.7 Å². The van der Waals surface area contributed by atoms with Crippen LogP contribution in [0, 0.1) is 13.8 Å². The predicted octanol–water partition coefficient (Wildman–Crippen LogP) is 2.89. The number of nitrogens with one attached hydrogen (secondary N) is 2. The number of carbonyl (C=O) groups excluding carboxylic acids is 1. The summed E-state index contributed by atoms with van der Waals surface area (Å²) in [5.41, 5.74) is 5.63. The number of nitrogen functional groups attached to an aromatic ring is 1. The molecule has 0 aliphatic rings. The van der Waals surface area contributed by atoms with Gasteiger partial charge in [-0.1, -0.05) is 17.7 Å². The van der Waals surface area contributed by atoms with Gasteiger partial charge in [0, 0.05) is 11.9 Å². The van der Waals surface area contributed by atoms with Crippen molar-refractivity contribution >= 4 is 29.0 Å². The van der Waals surface area contributed by atoms with E-state index in [9.17, 15) is 4.79 Å². The number of anilines is 2. The lowest BCUT2D eigenvalue weighted by Gasteiger charge is -2.08. The molecule has 0 aliphatic heterocycles. The molecule has 0 saturated carbocycles. The van der Waals surface area contributed by atoms with Crippen molar-refractivity contribution in [2.75, 3.05) is 10.7 Å². The van der Waals surface area contributed by atoms with Gasteiger partial charge in [-0.05, 0) is 43.2 Å². The molecule has 4 N–H and O–H groups in total. The number of halogens is 1. The van der Waals surface area contributed by atoms with Crippen molar-refractivity contribution in [3.8, 4) is 0 Å². The summed E-state index contributed by atoms with van der Waals surface area (Å²) in [4.78, 5) is 16.1. The zero-order chi connectivity index (χ0) is 14.7. The molecule has 5 nitrogen and oxygen atoms in total. The first-order valence-corrected chi connectivity index (χ1v) is 6.39. The maximum Gasteiger partial charge on any atom is 0.257 e. The molecule has 2 aromatic rings. The van der Waals surface area contributed by atoms with Gasteiger partial charge < -0.3 is 10.7 Å². The van der Waals surface area contributed by atoms with Crippen molar-refractivity contribution in [3.63, 3.8) is 0 Å². The largest absolute Gasteiger partial charge is 0.322 e. The van der Waals surface area contributed by atoms with Crippen LogP contribution >= 0.6 is 11.6 Å². The summed E-state index contributed by atoms with van der Waals surface area (Å²) >= 11 is 5.94. The molecule has 0 saturated heterocycles. The summed E-state index contributed by atoms with van der Waals surface area (Å²) in [5, 5.41) is 3.11. The Morgan fingerprint density at radius 1 is 1.20 bits per heavy atom. The molecule has 104 valence electrons. The molecular weight excluding hydrogens is 276 g/mol. The van der Waals surface area contributed by atoms with Gasteiger partial charge in [-0.2, -0.15) is 0 Å². The Balaban J connectivity index is 2.21. The Morgan fingerprint density at radius 3 is 2.40 bits per heavy atom. The van der Waals surface area contributed by atoms with E-state index in [1.165, 1.54) is 12.3 Å². The van der Waals surface area contributed by atoms with E-state index in [0.717, 1.165) is 16.8 Å². The molecule has 0 radical (unpaired) electrons. The highest BCUT2D eigenvalue weighted by atomic mass is 35.5. The first kappa shape index (κ1) is 14.3. The minimum Gasteiger partial charge on any atom is -0.322 e. The zero-order valence-electron chi connectivity index (χ0n) is 11.2. The van der Waals surface area contributed by atoms with Crippen LogP contribution in [-0.4, -0.2) is 10.9 Å². The second-order valence-electron chi connectivity index (χ2n) is 4.53. The number of carbonyl (C=O) groups is 1. The number of aromatic nitrogens is 1. The van der Waals surface area contributed by atoms with E-state index in [0.29, 0.717) is 16.4 Å². The minimum atomic E-state index is -0.270. The van der Waals surface area contributed by atoms with Crippen LogP contribution in [-0.2, 0) is 0 Å². The second kappa shape index (κ2) is 5.90. The molecule has 0 spiro atoms. The third-order valence-electron chi connectivity index (χ3n) is 2.72. The minimum absolute atomic E-state index is 0.270. The molecule has 0 unspecified atom stereocenters. The van der Waals surface area contributed by atoms with Gasteiger partial charge in [0.25, 0.3) is 5.91 Å². The molecule has 20 heavy (non-hydrogen) atoms. The molecule has 1 heterocycles. The van der Waals surface area contributed by atoms with Gasteiger partial charge in [-0.25, -0.2) is 10.8 Å². The van der Waals surface area contributed by atoms with Crippen LogP contribution in [0.4, 0.5) is 11.5 Å². The quantitative estimate of drug-likeness (QED) is 0.600. The van der Waals surface area contributed by atoms with Gasteiger partial charge >= 0.3 is 0 Å². The molecule has 1 aromatic heterocycles. The van der Waals surface area contributed by atoms with Crippen molar-refractivity contribution in [2.24, 2.45) is 5.84 Å². The molecule has 1 amide bonds. The van der Waals surface area contributed by atoms with Crippen LogP contribution in [0.5, 0.6) is 0 Å². The van der Waals surface area contributed by atoms with Crippen LogP contribution in [0.2, 0.25) is 5.02 Å². The second-order valence-corrected chi connectivity index (χ2v) is 4.94. The SMILES string of the molecule is Cc1cc(C)cc(NC(=O)c2cnc(NN)c(Cl)c2)c1. The van der Waals surface area contributed by atoms with Gasteiger partial charge in [-0.3, -0.25) is 4.79 Å². The smallest absolute Gasteiger partial charge is 0.257 e. The molecule has 1 aromatic carbocycles. The van der Waals surface area contributed by atoms with Gasteiger partial charge in [0.05, 0.1) is 10.6 Å². The lowest BCUT2D eigenvalue weighted by Crippen LogP contribution is -2.14. The Bertz CT molecular complexity index is 637. The number of benzene rings is 1. The number of pyridine rings is 1. The van der Waals surface area contributed by atoms with Crippen molar-refractivity contribution in [1.82, 2.24) is 4.98 Å². The monoisotopic (exact) mass is 290 g/mol. The maximum atomic E-state index is 12.1. The van der Waals surface area contributed by atoms with E-state index in [1.54, 1.807) is 0 Å². The average molecular weight is 291 g/mol. The first-order chi connectivity index (χ1) is 9.49. The van der Waals surface area contributed by atoms with E-state index in [4.69, 9.17) is 17.4 Å². The molecule has 2 rings (SSSR count). The van der Waals surface area contributed by atoms with Gasteiger partial charge in [0.1, 0.15) is 0 Å². The van der Waals surface area contributed by atoms with E-state index >= 15 is 0 Å². The van der Waals surface area contributed by atoms with E-state index in [-0.39, 0.29) is 5.91 Å². The molecule has 0 bridgehead atoms. The highest BCUT2D eigenvalue weighted by molar-refractivity contribution is 6.33. The number of hydrazine groups is 1. The molecule has 6 heteroatoms. The fourth-order valence-electron chi connectivity index (χ4n) is 1.92. The summed E-state index contributed by atoms with van der Waals surface area (Å²) in [7, 11) is 0. The highest BCUT2D eigenvalue weighted by Crippen LogP contribution is 2.20. The normalized spacial score (nSPS) is 10.2. The fourth-order valence-corrected chi connectivity index (χ4v) is 2.14. The Kier molecular flexibility index (Phi) is 4.22. The predicted molar refractivity (Wildman–Crippen MR) is 80.9 cm³/mol. The summed E-state index contributed by atoms with van der Waals surface area (Å²) in [6.07, 6.45) is 1.42. The van der Waals surface area contributed by atoms with Gasteiger partial charge in [0.2, 0.25) is 0 Å². The number of amides is 1. The van der Waals surface area contributed by atoms with Gasteiger partial charge in [0.15, 0.2) is 5.82 Å². The third kappa shape index (κ3) is 3.26. The van der Waals surface area contributed by atoms with Crippen LogP contribution in [0.3, 0.4) is 0 Å². The Hall–Kier alpha value is -2.11. The number of hydrogen-bond donors (Lipinski definition) is 3. The number of nitrogens with zero attached hydrogens (tertiary/aromatic N) is 1. The van der Waals surface area contributed by atoms with Crippen molar-refractivity contribution in [2.45, 2.75) is 13.8 Å². The average Bonchev–Trinajstić information content (AvgIpc) is 2.37. The summed E-state index contributed by atoms with van der Waals surface area (Å²) in [5.74, 6) is 5.29. The highest BCUT2D eigenvalue weighted by Gasteiger charge is 2.10. The molecule has 0 fully saturated rings. The molecular formula is C14H15ClN4O. The topological polar surface area (TPSA) is 80.0 Å². The van der Waals surface area contributed by atoms with Gasteiger partial charge in [-0.15, -0.1) is 0 Å². The summed E-state index contributed by atoms with van der Waals surface area (Å²) < 4.78 is 0. The maximum absolute atomic E-state index is 12.1. The summed E-state index contributed by atoms with van der Waals surface area (Å²) in [6, 6.07) is 7.35. The number of aryl methyl sites for hydroxylation is 2. The van der Waals surface area contributed by atoms with E-state index < -0.39 is 0 Å². The van der Waals surface area contributed by atoms with Crippen LogP contribution in [0.15, 0.2) is 30.5 Å². The molecule has 0 aliphatic carbocycles. The lowest BCUT2D eigenvalue weighted by molar-refractivity contribution is 0.102. The lowest BCUT2D eigenvalue weighted by atomic mass is 10.1. The van der Waals surface area contributed by atoms with Crippen molar-refractivity contribution < 1.29 is 4.79 Å². The standard InChI is InChI=1S/C14H15ClN4O/c1-8-3-9(2)5-11(4-8)18-14(20)10-6-12(15)13(19-16)17-7-10/h3-7H,16H2,1-2H3,(H,17,19)(H,18,20). The third-order valence-corrected chi connectivity index (χ3v) is 3.01. The van der Waals surface area contributed by atoms with Crippen LogP contribution in [0.1, 0.15) is 21.5 Å². The van der Waals surface area contributed by atoms with Crippen LogP contribution < -0.4 is 16.6 Å². The Morgan fingerprint density at radius 2 is 1.85 bits per heavy atom. The van der Waals surface area contributed by atoms with Crippen molar-refractivity contribution in [1.29, 1.82) is 0 Å². The summed E-state index contributed by atoms with van der Waals surface area (Å²) in [6.45, 7) is 3.95. The zero-order valence-corrected chi connectivity index (χ0v) is 12.0. The Labute approximate surface area is 122 Å². The van der Waals surface area contributed by atoms with Crippen LogP contribution in [0.25, 0.3) is 0 Å². The van der Waals surface area contributed by atoms with Crippen molar-refractivity contribution in [3.05, 3.63) is 52.2 Å². The molecule has 0 atom stereocenters. The van der Waals surface area contributed by atoms with E-state index in [1.807, 2.05) is 32.0 Å².